The first-order valence-corrected chi connectivity index (χ1v) is 4.79. The molecule has 0 fully saturated rings. The quantitative estimate of drug-likeness (QED) is 0.726. The molecule has 0 aliphatic heterocycles. The van der Waals surface area contributed by atoms with E-state index >= 15 is 0 Å². The highest BCUT2D eigenvalue weighted by Crippen LogP contribution is 2.14. The maximum atomic E-state index is 13.1. The summed E-state index contributed by atoms with van der Waals surface area (Å²) in [6.07, 6.45) is 0. The van der Waals surface area contributed by atoms with Crippen LogP contribution in [0.25, 0.3) is 0 Å². The molecular formula is C11H14FNO3. The highest BCUT2D eigenvalue weighted by Gasteiger charge is 2.29. The number of halogens is 1. The largest absolute Gasteiger partial charge is 0.479 e. The highest BCUT2D eigenvalue weighted by molar-refractivity contribution is 5.77. The fraction of sp³-hybridized carbons (Fsp3) is 0.364. The Bertz CT molecular complexity index is 404. The number of carboxylic acid groups (broad SMARTS) is 1. The molecule has 5 heteroatoms. The summed E-state index contributed by atoms with van der Waals surface area (Å²) in [5.74, 6) is -1.70. The summed E-state index contributed by atoms with van der Waals surface area (Å²) in [5.41, 5.74) is -0.929. The van der Waals surface area contributed by atoms with E-state index in [0.29, 0.717) is 11.3 Å². The van der Waals surface area contributed by atoms with Crippen molar-refractivity contribution in [2.24, 2.45) is 0 Å². The number of aliphatic carboxylic acids is 1. The van der Waals surface area contributed by atoms with Crippen LogP contribution >= 0.6 is 0 Å². The van der Waals surface area contributed by atoms with Crippen LogP contribution in [-0.4, -0.2) is 28.3 Å². The average molecular weight is 227 g/mol. The summed E-state index contributed by atoms with van der Waals surface area (Å²) in [6.45, 7) is 2.62. The maximum Gasteiger partial charge on any atom is 0.337 e. The number of nitrogens with one attached hydrogen (secondary N) is 1. The summed E-state index contributed by atoms with van der Waals surface area (Å²) >= 11 is 0. The van der Waals surface area contributed by atoms with Gasteiger partial charge in [0.15, 0.2) is 5.60 Å². The summed E-state index contributed by atoms with van der Waals surface area (Å²) < 4.78 is 13.1. The zero-order chi connectivity index (χ0) is 12.3. The van der Waals surface area contributed by atoms with Crippen molar-refractivity contribution in [1.82, 2.24) is 0 Å². The first-order chi connectivity index (χ1) is 7.33. The Balaban J connectivity index is 2.68. The van der Waals surface area contributed by atoms with Crippen molar-refractivity contribution in [3.05, 3.63) is 29.6 Å². The first-order valence-electron chi connectivity index (χ1n) is 4.79. The number of carboxylic acids is 1. The fourth-order valence-electron chi connectivity index (χ4n) is 1.05. The molecule has 0 saturated carbocycles. The minimum absolute atomic E-state index is 0.190. The molecule has 1 aromatic carbocycles. The third kappa shape index (κ3) is 2.93. The van der Waals surface area contributed by atoms with E-state index in [-0.39, 0.29) is 12.4 Å². The van der Waals surface area contributed by atoms with Gasteiger partial charge in [-0.2, -0.15) is 0 Å². The van der Waals surface area contributed by atoms with Gasteiger partial charge in [0.25, 0.3) is 0 Å². The Labute approximate surface area is 92.7 Å². The van der Waals surface area contributed by atoms with Crippen molar-refractivity contribution in [1.29, 1.82) is 0 Å². The van der Waals surface area contributed by atoms with Crippen molar-refractivity contribution in [3.8, 4) is 0 Å². The zero-order valence-corrected chi connectivity index (χ0v) is 9.12. The second-order valence-corrected chi connectivity index (χ2v) is 3.90. The Hall–Kier alpha value is -1.62. The van der Waals surface area contributed by atoms with Crippen molar-refractivity contribution in [2.45, 2.75) is 19.4 Å². The topological polar surface area (TPSA) is 69.6 Å². The van der Waals surface area contributed by atoms with Gasteiger partial charge in [0.1, 0.15) is 5.82 Å². The normalized spacial score (nSPS) is 14.2. The van der Waals surface area contributed by atoms with E-state index < -0.39 is 11.6 Å². The second-order valence-electron chi connectivity index (χ2n) is 3.90. The van der Waals surface area contributed by atoms with Gasteiger partial charge in [0.05, 0.1) is 6.54 Å². The molecule has 1 rings (SSSR count). The van der Waals surface area contributed by atoms with Crippen LogP contribution in [-0.2, 0) is 4.79 Å². The summed E-state index contributed by atoms with van der Waals surface area (Å²) in [5, 5.41) is 20.7. The van der Waals surface area contributed by atoms with E-state index in [9.17, 15) is 14.3 Å². The Morgan fingerprint density at radius 3 is 2.69 bits per heavy atom. The molecule has 4 nitrogen and oxygen atoms in total. The third-order valence-electron chi connectivity index (χ3n) is 2.27. The molecule has 3 N–H and O–H groups in total. The maximum absolute atomic E-state index is 13.1. The summed E-state index contributed by atoms with van der Waals surface area (Å²) in [6, 6.07) is 4.46. The van der Waals surface area contributed by atoms with Crippen LogP contribution in [0.2, 0.25) is 0 Å². The van der Waals surface area contributed by atoms with Crippen molar-refractivity contribution < 1.29 is 19.4 Å². The molecule has 88 valence electrons. The molecular weight excluding hydrogens is 213 g/mol. The van der Waals surface area contributed by atoms with Gasteiger partial charge in [0.2, 0.25) is 0 Å². The van der Waals surface area contributed by atoms with Crippen LogP contribution in [0, 0.1) is 12.7 Å². The molecule has 1 atom stereocenters. The van der Waals surface area contributed by atoms with E-state index in [4.69, 9.17) is 5.11 Å². The van der Waals surface area contributed by atoms with E-state index in [0.717, 1.165) is 0 Å². The smallest absolute Gasteiger partial charge is 0.337 e. The van der Waals surface area contributed by atoms with Gasteiger partial charge in [-0.1, -0.05) is 6.07 Å². The Morgan fingerprint density at radius 2 is 2.19 bits per heavy atom. The molecule has 0 aliphatic carbocycles. The predicted molar refractivity (Wildman–Crippen MR) is 57.9 cm³/mol. The van der Waals surface area contributed by atoms with Crippen LogP contribution < -0.4 is 5.32 Å². The molecule has 0 aliphatic rings. The van der Waals surface area contributed by atoms with Crippen LogP contribution in [0.3, 0.4) is 0 Å². The predicted octanol–water partition coefficient (Wildman–Crippen LogP) is 1.38. The number of benzene rings is 1. The van der Waals surface area contributed by atoms with Gasteiger partial charge in [-0.05, 0) is 31.5 Å². The van der Waals surface area contributed by atoms with Gasteiger partial charge in [0, 0.05) is 5.69 Å². The zero-order valence-electron chi connectivity index (χ0n) is 9.12. The highest BCUT2D eigenvalue weighted by atomic mass is 19.1. The van der Waals surface area contributed by atoms with Crippen LogP contribution in [0.15, 0.2) is 18.2 Å². The molecule has 1 unspecified atom stereocenters. The van der Waals surface area contributed by atoms with Crippen molar-refractivity contribution in [3.63, 3.8) is 0 Å². The second kappa shape index (κ2) is 4.49. The number of rotatable bonds is 4. The van der Waals surface area contributed by atoms with Crippen LogP contribution in [0.5, 0.6) is 0 Å². The van der Waals surface area contributed by atoms with Crippen molar-refractivity contribution >= 4 is 11.7 Å². The lowest BCUT2D eigenvalue weighted by molar-refractivity contribution is -0.155. The Morgan fingerprint density at radius 1 is 1.56 bits per heavy atom. The number of carbonyl (C=O) groups is 1. The summed E-state index contributed by atoms with van der Waals surface area (Å²) in [7, 11) is 0. The van der Waals surface area contributed by atoms with Gasteiger partial charge in [-0.25, -0.2) is 9.18 Å². The lowest BCUT2D eigenvalue weighted by Gasteiger charge is -2.19. The molecule has 0 spiro atoms. The van der Waals surface area contributed by atoms with E-state index in [2.05, 4.69) is 5.32 Å². The molecule has 0 aromatic heterocycles. The monoisotopic (exact) mass is 227 g/mol. The average Bonchev–Trinajstić information content (AvgIpc) is 2.20. The SMILES string of the molecule is Cc1ccc(NCC(C)(O)C(=O)O)cc1F. The van der Waals surface area contributed by atoms with Gasteiger partial charge in [-0.15, -0.1) is 0 Å². The molecule has 0 amide bonds. The standard InChI is InChI=1S/C11H14FNO3/c1-7-3-4-8(5-9(7)12)13-6-11(2,16)10(14)15/h3-5,13,16H,6H2,1-2H3,(H,14,15). The molecule has 0 radical (unpaired) electrons. The van der Waals surface area contributed by atoms with Gasteiger partial charge < -0.3 is 15.5 Å². The number of anilines is 1. The van der Waals surface area contributed by atoms with Gasteiger partial charge in [-0.3, -0.25) is 0 Å². The van der Waals surface area contributed by atoms with Crippen LogP contribution in [0.4, 0.5) is 10.1 Å². The third-order valence-corrected chi connectivity index (χ3v) is 2.27. The number of hydrogen-bond donors (Lipinski definition) is 3. The van der Waals surface area contributed by atoms with E-state index in [1.165, 1.54) is 13.0 Å². The lowest BCUT2D eigenvalue weighted by Crippen LogP contribution is -2.41. The fourth-order valence-corrected chi connectivity index (χ4v) is 1.05. The molecule has 0 heterocycles. The van der Waals surface area contributed by atoms with Gasteiger partial charge >= 0.3 is 5.97 Å². The minimum atomic E-state index is -1.87. The molecule has 16 heavy (non-hydrogen) atoms. The Kier molecular flexibility index (Phi) is 3.49. The minimum Gasteiger partial charge on any atom is -0.479 e. The van der Waals surface area contributed by atoms with Crippen molar-refractivity contribution in [2.75, 3.05) is 11.9 Å². The molecule has 1 aromatic rings. The molecule has 0 saturated heterocycles. The number of aliphatic hydroxyl groups is 1. The lowest BCUT2D eigenvalue weighted by atomic mass is 10.1. The van der Waals surface area contributed by atoms with E-state index in [1.54, 1.807) is 19.1 Å². The van der Waals surface area contributed by atoms with Crippen LogP contribution in [0.1, 0.15) is 12.5 Å². The summed E-state index contributed by atoms with van der Waals surface area (Å²) in [4.78, 5) is 10.6. The van der Waals surface area contributed by atoms with E-state index in [1.807, 2.05) is 0 Å². The number of hydrogen-bond acceptors (Lipinski definition) is 3. The molecule has 0 bridgehead atoms. The first kappa shape index (κ1) is 12.4. The number of aryl methyl sites for hydroxylation is 1.